The number of aromatic nitrogens is 3. The molecule has 186 valence electrons. The van der Waals surface area contributed by atoms with Crippen LogP contribution in [-0.2, 0) is 18.0 Å². The van der Waals surface area contributed by atoms with Gasteiger partial charge in [0.25, 0.3) is 0 Å². The van der Waals surface area contributed by atoms with Gasteiger partial charge in [0.1, 0.15) is 5.82 Å². The minimum atomic E-state index is -4.99. The number of likely N-dealkylation sites (N-methyl/N-ethyl adjacent to an activating group) is 1. The average molecular weight is 493 g/mol. The molecule has 1 aromatic carbocycles. The molecule has 2 aromatic heterocycles. The third-order valence-corrected chi connectivity index (χ3v) is 5.92. The molecule has 0 unspecified atom stereocenters. The van der Waals surface area contributed by atoms with Crippen LogP contribution in [0.25, 0.3) is 11.0 Å². The molecule has 3 heterocycles. The zero-order chi connectivity index (χ0) is 25.5. The summed E-state index contributed by atoms with van der Waals surface area (Å²) < 4.78 is 54.8. The fourth-order valence-electron chi connectivity index (χ4n) is 4.12. The SMILES string of the molecule is Cc1nn(C)c2ncc(NC(=O)N(C=O)c3ccc(F)c(C(F)(F)F)c3)c(N3CCN(C)CC3)c12. The number of amides is 3. The van der Waals surface area contributed by atoms with E-state index in [4.69, 9.17) is 0 Å². The van der Waals surface area contributed by atoms with Crippen LogP contribution in [0, 0.1) is 12.7 Å². The second kappa shape index (κ2) is 9.13. The van der Waals surface area contributed by atoms with Crippen molar-refractivity contribution in [3.05, 3.63) is 41.5 Å². The smallest absolute Gasteiger partial charge is 0.367 e. The Labute approximate surface area is 197 Å². The Morgan fingerprint density at radius 2 is 1.86 bits per heavy atom. The van der Waals surface area contributed by atoms with Gasteiger partial charge < -0.3 is 15.1 Å². The molecule has 1 fully saturated rings. The Bertz CT molecular complexity index is 1280. The molecule has 1 aliphatic heterocycles. The second-order valence-electron chi connectivity index (χ2n) is 8.29. The van der Waals surface area contributed by atoms with E-state index in [9.17, 15) is 27.2 Å². The number of hydrogen-bond donors (Lipinski definition) is 1. The molecule has 0 bridgehead atoms. The first-order valence-corrected chi connectivity index (χ1v) is 10.7. The summed E-state index contributed by atoms with van der Waals surface area (Å²) in [7, 11) is 3.74. The molecule has 0 spiro atoms. The van der Waals surface area contributed by atoms with E-state index < -0.39 is 29.3 Å². The molecule has 13 heteroatoms. The van der Waals surface area contributed by atoms with E-state index in [2.05, 4.69) is 25.2 Å². The van der Waals surface area contributed by atoms with E-state index in [1.165, 1.54) is 6.20 Å². The number of fused-ring (bicyclic) bond motifs is 1. The highest BCUT2D eigenvalue weighted by molar-refractivity contribution is 6.14. The van der Waals surface area contributed by atoms with E-state index >= 15 is 0 Å². The molecule has 1 saturated heterocycles. The minimum Gasteiger partial charge on any atom is -0.367 e. The number of alkyl halides is 3. The van der Waals surface area contributed by atoms with Crippen LogP contribution in [0.4, 0.5) is 39.4 Å². The van der Waals surface area contributed by atoms with Crippen LogP contribution >= 0.6 is 0 Å². The normalized spacial score (nSPS) is 14.9. The van der Waals surface area contributed by atoms with Crippen molar-refractivity contribution < 1.29 is 27.2 Å². The highest BCUT2D eigenvalue weighted by Gasteiger charge is 2.35. The van der Waals surface area contributed by atoms with E-state index in [0.717, 1.165) is 19.2 Å². The first kappa shape index (κ1) is 24.4. The van der Waals surface area contributed by atoms with Gasteiger partial charge in [0.15, 0.2) is 5.65 Å². The van der Waals surface area contributed by atoms with E-state index in [1.807, 2.05) is 14.0 Å². The number of urea groups is 1. The van der Waals surface area contributed by atoms with Crippen molar-refractivity contribution in [2.75, 3.05) is 48.3 Å². The number of anilines is 3. The number of carbonyl (C=O) groups is 2. The molecule has 0 atom stereocenters. The summed E-state index contributed by atoms with van der Waals surface area (Å²) in [6, 6.07) is 0.881. The summed E-state index contributed by atoms with van der Waals surface area (Å²) in [4.78, 5) is 33.8. The number of benzene rings is 1. The van der Waals surface area contributed by atoms with Crippen molar-refractivity contribution in [2.24, 2.45) is 7.05 Å². The molecule has 0 aliphatic carbocycles. The number of rotatable bonds is 4. The van der Waals surface area contributed by atoms with E-state index in [1.54, 1.807) is 11.7 Å². The fourth-order valence-corrected chi connectivity index (χ4v) is 4.12. The topological polar surface area (TPSA) is 86.6 Å². The largest absolute Gasteiger partial charge is 0.419 e. The lowest BCUT2D eigenvalue weighted by Crippen LogP contribution is -2.45. The van der Waals surface area contributed by atoms with Gasteiger partial charge in [-0.05, 0) is 32.2 Å². The number of nitrogens with zero attached hydrogens (tertiary/aromatic N) is 6. The summed E-state index contributed by atoms with van der Waals surface area (Å²) in [5, 5.41) is 7.73. The van der Waals surface area contributed by atoms with Crippen LogP contribution < -0.4 is 15.1 Å². The molecule has 3 amide bonds. The van der Waals surface area contributed by atoms with Gasteiger partial charge in [0.2, 0.25) is 6.41 Å². The van der Waals surface area contributed by atoms with Crippen LogP contribution in [0.2, 0.25) is 0 Å². The number of imide groups is 1. The summed E-state index contributed by atoms with van der Waals surface area (Å²) in [6.45, 7) is 4.65. The molecular weight excluding hydrogens is 470 g/mol. The number of carbonyl (C=O) groups excluding carboxylic acids is 2. The zero-order valence-electron chi connectivity index (χ0n) is 19.2. The second-order valence-corrected chi connectivity index (χ2v) is 8.29. The maximum atomic E-state index is 13.7. The first-order chi connectivity index (χ1) is 16.5. The Morgan fingerprint density at radius 1 is 1.17 bits per heavy atom. The van der Waals surface area contributed by atoms with Gasteiger partial charge in [-0.15, -0.1) is 0 Å². The lowest BCUT2D eigenvalue weighted by molar-refractivity contribution is -0.140. The van der Waals surface area contributed by atoms with Crippen molar-refractivity contribution in [2.45, 2.75) is 13.1 Å². The third kappa shape index (κ3) is 4.63. The van der Waals surface area contributed by atoms with Gasteiger partial charge in [-0.2, -0.15) is 18.3 Å². The van der Waals surface area contributed by atoms with Crippen molar-refractivity contribution in [1.29, 1.82) is 0 Å². The fraction of sp³-hybridized carbons (Fsp3) is 0.364. The maximum absolute atomic E-state index is 13.7. The number of pyridine rings is 1. The van der Waals surface area contributed by atoms with Crippen LogP contribution in [0.1, 0.15) is 11.3 Å². The Kier molecular flexibility index (Phi) is 6.36. The van der Waals surface area contributed by atoms with Gasteiger partial charge in [0, 0.05) is 33.2 Å². The molecule has 3 aromatic rings. The Balaban J connectivity index is 1.73. The Hall–Kier alpha value is -3.74. The summed E-state index contributed by atoms with van der Waals surface area (Å²) in [5.74, 6) is -1.51. The lowest BCUT2D eigenvalue weighted by Gasteiger charge is -2.35. The number of hydrogen-bond acceptors (Lipinski definition) is 6. The predicted molar refractivity (Wildman–Crippen MR) is 122 cm³/mol. The van der Waals surface area contributed by atoms with Crippen LogP contribution in [0.15, 0.2) is 24.4 Å². The highest BCUT2D eigenvalue weighted by Crippen LogP contribution is 2.37. The van der Waals surface area contributed by atoms with Crippen LogP contribution in [0.5, 0.6) is 0 Å². The minimum absolute atomic E-state index is 0.0690. The van der Waals surface area contributed by atoms with Gasteiger partial charge in [-0.3, -0.25) is 9.48 Å². The molecule has 1 N–H and O–H groups in total. The zero-order valence-corrected chi connectivity index (χ0v) is 19.2. The predicted octanol–water partition coefficient (Wildman–Crippen LogP) is 3.38. The summed E-state index contributed by atoms with van der Waals surface area (Å²) in [6.07, 6.45) is -3.50. The van der Waals surface area contributed by atoms with Gasteiger partial charge in [-0.25, -0.2) is 19.1 Å². The molecule has 1 aliphatic rings. The quantitative estimate of drug-likeness (QED) is 0.443. The molecular formula is C22H23F4N7O2. The van der Waals surface area contributed by atoms with Crippen molar-refractivity contribution >= 4 is 40.5 Å². The van der Waals surface area contributed by atoms with Crippen LogP contribution in [0.3, 0.4) is 0 Å². The number of piperazine rings is 1. The number of nitrogens with one attached hydrogen (secondary N) is 1. The van der Waals surface area contributed by atoms with Crippen molar-refractivity contribution in [3.8, 4) is 0 Å². The van der Waals surface area contributed by atoms with E-state index in [0.29, 0.717) is 52.5 Å². The summed E-state index contributed by atoms with van der Waals surface area (Å²) >= 11 is 0. The average Bonchev–Trinajstić information content (AvgIpc) is 3.08. The molecule has 0 radical (unpaired) electrons. The molecule has 4 rings (SSSR count). The maximum Gasteiger partial charge on any atom is 0.419 e. The first-order valence-electron chi connectivity index (χ1n) is 10.7. The van der Waals surface area contributed by atoms with Crippen molar-refractivity contribution in [3.63, 3.8) is 0 Å². The van der Waals surface area contributed by atoms with Crippen molar-refractivity contribution in [1.82, 2.24) is 19.7 Å². The monoisotopic (exact) mass is 493 g/mol. The third-order valence-electron chi connectivity index (χ3n) is 5.92. The van der Waals surface area contributed by atoms with Gasteiger partial charge in [-0.1, -0.05) is 0 Å². The van der Waals surface area contributed by atoms with Crippen LogP contribution in [-0.4, -0.2) is 65.3 Å². The summed E-state index contributed by atoms with van der Waals surface area (Å²) in [5.41, 5.74) is 0.188. The highest BCUT2D eigenvalue weighted by atomic mass is 19.4. The van der Waals surface area contributed by atoms with Gasteiger partial charge in [0.05, 0.1) is 39.9 Å². The number of halogens is 4. The number of aryl methyl sites for hydroxylation is 2. The standard InChI is InChI=1S/C22H23F4N7O2/c1-13-18-19(32-8-6-30(2)7-9-32)17(11-27-20(18)31(3)29-13)28-21(35)33(12-34)14-4-5-16(23)15(10-14)22(24,25)26/h4-5,10-12H,6-9H2,1-3H3,(H,28,35). The Morgan fingerprint density at radius 3 is 2.49 bits per heavy atom. The lowest BCUT2D eigenvalue weighted by atomic mass is 10.1. The van der Waals surface area contributed by atoms with E-state index in [-0.39, 0.29) is 12.1 Å². The molecule has 9 nitrogen and oxygen atoms in total. The molecule has 0 saturated carbocycles. The van der Waals surface area contributed by atoms with Gasteiger partial charge >= 0.3 is 12.2 Å². The molecule has 35 heavy (non-hydrogen) atoms.